The fourth-order valence-electron chi connectivity index (χ4n) is 2.76. The summed E-state index contributed by atoms with van der Waals surface area (Å²) < 4.78 is 0. The molecule has 0 bridgehead atoms. The van der Waals surface area contributed by atoms with Gasteiger partial charge in [-0.25, -0.2) is 0 Å². The Hall–Kier alpha value is -0.0800. The van der Waals surface area contributed by atoms with Crippen molar-refractivity contribution in [1.82, 2.24) is 10.2 Å². The molecule has 102 valence electrons. The zero-order chi connectivity index (χ0) is 12.5. The number of unbranched alkanes of at least 4 members (excludes halogenated alkanes) is 5. The minimum absolute atomic E-state index is 0.633. The number of hydrogen-bond donors (Lipinski definition) is 1. The maximum Gasteiger partial charge on any atom is 0.0209 e. The van der Waals surface area contributed by atoms with Crippen molar-refractivity contribution < 1.29 is 0 Å². The lowest BCUT2D eigenvalue weighted by Gasteiger charge is -2.18. The van der Waals surface area contributed by atoms with Gasteiger partial charge < -0.3 is 10.2 Å². The quantitative estimate of drug-likeness (QED) is 0.621. The van der Waals surface area contributed by atoms with E-state index in [9.17, 15) is 0 Å². The van der Waals surface area contributed by atoms with Gasteiger partial charge in [-0.05, 0) is 25.9 Å². The standard InChI is InChI=1S/C15H32N2/c1-4-5-6-7-8-9-11-17-12-10-15(13-17)16-14(2)3/h14-16H,4-13H2,1-3H3. The topological polar surface area (TPSA) is 15.3 Å². The van der Waals surface area contributed by atoms with E-state index >= 15 is 0 Å². The fourth-order valence-corrected chi connectivity index (χ4v) is 2.76. The smallest absolute Gasteiger partial charge is 0.0209 e. The van der Waals surface area contributed by atoms with Gasteiger partial charge in [0.2, 0.25) is 0 Å². The Morgan fingerprint density at radius 3 is 2.53 bits per heavy atom. The normalized spacial score (nSPS) is 21.5. The third kappa shape index (κ3) is 7.05. The summed E-state index contributed by atoms with van der Waals surface area (Å²) in [7, 11) is 0. The van der Waals surface area contributed by atoms with E-state index in [-0.39, 0.29) is 0 Å². The predicted molar refractivity (Wildman–Crippen MR) is 76.5 cm³/mol. The van der Waals surface area contributed by atoms with Crippen LogP contribution in [-0.2, 0) is 0 Å². The number of nitrogens with zero attached hydrogens (tertiary/aromatic N) is 1. The molecular weight excluding hydrogens is 208 g/mol. The van der Waals surface area contributed by atoms with Crippen LogP contribution in [0.25, 0.3) is 0 Å². The lowest BCUT2D eigenvalue weighted by Crippen LogP contribution is -2.37. The van der Waals surface area contributed by atoms with Gasteiger partial charge in [0.05, 0.1) is 0 Å². The zero-order valence-electron chi connectivity index (χ0n) is 12.2. The molecule has 1 heterocycles. The first kappa shape index (κ1) is 15.0. The van der Waals surface area contributed by atoms with Gasteiger partial charge in [-0.3, -0.25) is 0 Å². The largest absolute Gasteiger partial charge is 0.310 e. The van der Waals surface area contributed by atoms with Crippen molar-refractivity contribution in [1.29, 1.82) is 0 Å². The van der Waals surface area contributed by atoms with Crippen LogP contribution in [0.3, 0.4) is 0 Å². The van der Waals surface area contributed by atoms with Crippen LogP contribution < -0.4 is 5.32 Å². The maximum absolute atomic E-state index is 3.65. The van der Waals surface area contributed by atoms with E-state index in [1.807, 2.05) is 0 Å². The SMILES string of the molecule is CCCCCCCCN1CCC(NC(C)C)C1. The predicted octanol–water partition coefficient (Wildman–Crippen LogP) is 3.42. The van der Waals surface area contributed by atoms with Crippen LogP contribution in [0.1, 0.15) is 65.7 Å². The summed E-state index contributed by atoms with van der Waals surface area (Å²) in [6.45, 7) is 10.7. The third-order valence-corrected chi connectivity index (χ3v) is 3.67. The molecule has 1 rings (SSSR count). The third-order valence-electron chi connectivity index (χ3n) is 3.67. The van der Waals surface area contributed by atoms with Crippen molar-refractivity contribution in [3.8, 4) is 0 Å². The molecule has 1 fully saturated rings. The molecule has 2 heteroatoms. The monoisotopic (exact) mass is 240 g/mol. The molecule has 0 radical (unpaired) electrons. The molecule has 0 amide bonds. The molecule has 1 N–H and O–H groups in total. The molecule has 1 saturated heterocycles. The number of rotatable bonds is 9. The Morgan fingerprint density at radius 2 is 1.82 bits per heavy atom. The Balaban J connectivity index is 1.95. The first-order chi connectivity index (χ1) is 8.22. The summed E-state index contributed by atoms with van der Waals surface area (Å²) in [5.41, 5.74) is 0. The molecule has 1 aliphatic rings. The molecule has 0 aromatic rings. The van der Waals surface area contributed by atoms with E-state index in [0.717, 1.165) is 6.04 Å². The van der Waals surface area contributed by atoms with Crippen molar-refractivity contribution in [2.24, 2.45) is 0 Å². The Kier molecular flexibility index (Phi) is 7.87. The summed E-state index contributed by atoms with van der Waals surface area (Å²) >= 11 is 0. The first-order valence-corrected chi connectivity index (χ1v) is 7.70. The second kappa shape index (κ2) is 8.93. The molecule has 0 spiro atoms. The molecule has 1 atom stereocenters. The summed E-state index contributed by atoms with van der Waals surface area (Å²) in [4.78, 5) is 2.64. The molecule has 0 aliphatic carbocycles. The highest BCUT2D eigenvalue weighted by molar-refractivity contribution is 4.81. The molecule has 0 saturated carbocycles. The highest BCUT2D eigenvalue weighted by Gasteiger charge is 2.21. The molecule has 17 heavy (non-hydrogen) atoms. The number of likely N-dealkylation sites (tertiary alicyclic amines) is 1. The minimum atomic E-state index is 0.633. The van der Waals surface area contributed by atoms with Crippen LogP contribution in [0.15, 0.2) is 0 Å². The van der Waals surface area contributed by atoms with Crippen molar-refractivity contribution in [2.75, 3.05) is 19.6 Å². The summed E-state index contributed by atoms with van der Waals surface area (Å²) in [6, 6.07) is 1.38. The lowest BCUT2D eigenvalue weighted by atomic mass is 10.1. The molecule has 0 aromatic heterocycles. The van der Waals surface area contributed by atoms with Gasteiger partial charge in [0.1, 0.15) is 0 Å². The molecule has 2 nitrogen and oxygen atoms in total. The van der Waals surface area contributed by atoms with E-state index in [0.29, 0.717) is 6.04 Å². The average Bonchev–Trinajstić information content (AvgIpc) is 2.70. The van der Waals surface area contributed by atoms with Crippen LogP contribution in [0.4, 0.5) is 0 Å². The van der Waals surface area contributed by atoms with Crippen LogP contribution in [0.5, 0.6) is 0 Å². The van der Waals surface area contributed by atoms with E-state index in [2.05, 4.69) is 31.0 Å². The summed E-state index contributed by atoms with van der Waals surface area (Å²) in [6.07, 6.45) is 9.83. The maximum atomic E-state index is 3.65. The van der Waals surface area contributed by atoms with Gasteiger partial charge >= 0.3 is 0 Å². The van der Waals surface area contributed by atoms with Gasteiger partial charge in [0.15, 0.2) is 0 Å². The van der Waals surface area contributed by atoms with Crippen molar-refractivity contribution in [2.45, 2.75) is 77.8 Å². The number of hydrogen-bond acceptors (Lipinski definition) is 2. The average molecular weight is 240 g/mol. The summed E-state index contributed by atoms with van der Waals surface area (Å²) in [5, 5.41) is 3.65. The van der Waals surface area contributed by atoms with Crippen LogP contribution >= 0.6 is 0 Å². The van der Waals surface area contributed by atoms with E-state index in [1.54, 1.807) is 0 Å². The highest BCUT2D eigenvalue weighted by Crippen LogP contribution is 2.12. The van der Waals surface area contributed by atoms with Gasteiger partial charge in [0, 0.05) is 18.6 Å². The second-order valence-electron chi connectivity index (χ2n) is 5.88. The van der Waals surface area contributed by atoms with Gasteiger partial charge in [-0.2, -0.15) is 0 Å². The fraction of sp³-hybridized carbons (Fsp3) is 1.00. The van der Waals surface area contributed by atoms with Gasteiger partial charge in [-0.15, -0.1) is 0 Å². The van der Waals surface area contributed by atoms with Gasteiger partial charge in [-0.1, -0.05) is 52.9 Å². The minimum Gasteiger partial charge on any atom is -0.310 e. The van der Waals surface area contributed by atoms with E-state index < -0.39 is 0 Å². The molecule has 1 unspecified atom stereocenters. The summed E-state index contributed by atoms with van der Waals surface area (Å²) in [5.74, 6) is 0. The second-order valence-corrected chi connectivity index (χ2v) is 5.88. The van der Waals surface area contributed by atoms with Crippen molar-refractivity contribution in [3.63, 3.8) is 0 Å². The number of nitrogens with one attached hydrogen (secondary N) is 1. The van der Waals surface area contributed by atoms with Crippen molar-refractivity contribution in [3.05, 3.63) is 0 Å². The lowest BCUT2D eigenvalue weighted by molar-refractivity contribution is 0.314. The molecule has 1 aliphatic heterocycles. The van der Waals surface area contributed by atoms with E-state index in [4.69, 9.17) is 0 Å². The Bertz CT molecular complexity index is 180. The van der Waals surface area contributed by atoms with Crippen LogP contribution in [0.2, 0.25) is 0 Å². The Morgan fingerprint density at radius 1 is 1.12 bits per heavy atom. The van der Waals surface area contributed by atoms with Crippen molar-refractivity contribution >= 4 is 0 Å². The first-order valence-electron chi connectivity index (χ1n) is 7.70. The van der Waals surface area contributed by atoms with Crippen LogP contribution in [-0.4, -0.2) is 36.6 Å². The Labute approximate surface area is 108 Å². The highest BCUT2D eigenvalue weighted by atomic mass is 15.2. The molecule has 0 aromatic carbocycles. The molecular formula is C15H32N2. The van der Waals surface area contributed by atoms with Gasteiger partial charge in [0.25, 0.3) is 0 Å². The zero-order valence-corrected chi connectivity index (χ0v) is 12.2. The van der Waals surface area contributed by atoms with E-state index in [1.165, 1.54) is 64.6 Å². The van der Waals surface area contributed by atoms with Crippen LogP contribution in [0, 0.1) is 0 Å².